The number of hydrogen-bond acceptors (Lipinski definition) is 4. The average molecular weight is 243 g/mol. The first-order valence-electron chi connectivity index (χ1n) is 6.32. The number of anilines is 2. The van der Waals surface area contributed by atoms with Gasteiger partial charge < -0.3 is 15.8 Å². The highest BCUT2D eigenvalue weighted by Gasteiger charge is 2.15. The Morgan fingerprint density at radius 3 is 2.89 bits per heavy atom. The normalized spacial score (nSPS) is 16.9. The lowest BCUT2D eigenvalue weighted by Crippen LogP contribution is -2.28. The lowest BCUT2D eigenvalue weighted by Gasteiger charge is -2.25. The molecule has 0 amide bonds. The van der Waals surface area contributed by atoms with Crippen LogP contribution in [0, 0.1) is 0 Å². The zero-order chi connectivity index (χ0) is 12.4. The summed E-state index contributed by atoms with van der Waals surface area (Å²) < 4.78 is 5.36. The Balaban J connectivity index is 1.89. The Bertz CT molecular complexity index is 550. The summed E-state index contributed by atoms with van der Waals surface area (Å²) in [4.78, 5) is 4.30. The summed E-state index contributed by atoms with van der Waals surface area (Å²) in [5.74, 6) is 0. The maximum atomic E-state index is 6.20. The van der Waals surface area contributed by atoms with Gasteiger partial charge >= 0.3 is 0 Å². The number of fused-ring (bicyclic) bond motifs is 1. The van der Waals surface area contributed by atoms with E-state index < -0.39 is 0 Å². The van der Waals surface area contributed by atoms with Gasteiger partial charge in [-0.15, -0.1) is 0 Å². The molecule has 0 saturated carbocycles. The van der Waals surface area contributed by atoms with Crippen LogP contribution in [0.25, 0.3) is 10.9 Å². The second kappa shape index (κ2) is 4.82. The van der Waals surface area contributed by atoms with E-state index in [1.165, 1.54) is 0 Å². The van der Waals surface area contributed by atoms with E-state index in [-0.39, 0.29) is 0 Å². The molecule has 3 rings (SSSR count). The smallest absolute Gasteiger partial charge is 0.0724 e. The molecule has 4 heteroatoms. The van der Waals surface area contributed by atoms with Crippen LogP contribution in [0.3, 0.4) is 0 Å². The van der Waals surface area contributed by atoms with Gasteiger partial charge in [-0.1, -0.05) is 0 Å². The molecule has 1 saturated heterocycles. The standard InChI is InChI=1S/C14H17N3O/c15-14-11-2-1-7-16-12(11)3-4-13(14)17-10-5-8-18-9-6-10/h1-4,7,10,17H,5-6,8-9,15H2. The van der Waals surface area contributed by atoms with Crippen molar-refractivity contribution in [3.63, 3.8) is 0 Å². The van der Waals surface area contributed by atoms with Crippen LogP contribution in [0.1, 0.15) is 12.8 Å². The molecule has 0 atom stereocenters. The minimum absolute atomic E-state index is 0.454. The molecule has 0 aliphatic carbocycles. The molecule has 1 aromatic heterocycles. The maximum Gasteiger partial charge on any atom is 0.0724 e. The molecule has 0 spiro atoms. The molecule has 1 aromatic carbocycles. The zero-order valence-corrected chi connectivity index (χ0v) is 10.2. The van der Waals surface area contributed by atoms with Crippen molar-refractivity contribution in [2.75, 3.05) is 24.3 Å². The molecule has 1 aliphatic heterocycles. The van der Waals surface area contributed by atoms with Crippen molar-refractivity contribution in [3.8, 4) is 0 Å². The first kappa shape index (κ1) is 11.3. The van der Waals surface area contributed by atoms with Gasteiger partial charge in [-0.2, -0.15) is 0 Å². The van der Waals surface area contributed by atoms with Gasteiger partial charge in [0.15, 0.2) is 0 Å². The molecule has 1 fully saturated rings. The highest BCUT2D eigenvalue weighted by molar-refractivity contribution is 5.96. The van der Waals surface area contributed by atoms with Crippen molar-refractivity contribution in [3.05, 3.63) is 30.5 Å². The summed E-state index contributed by atoms with van der Waals surface area (Å²) in [6, 6.07) is 8.40. The largest absolute Gasteiger partial charge is 0.397 e. The first-order valence-corrected chi connectivity index (χ1v) is 6.32. The first-order chi connectivity index (χ1) is 8.84. The topological polar surface area (TPSA) is 60.2 Å². The summed E-state index contributed by atoms with van der Waals surface area (Å²) in [6.45, 7) is 1.65. The van der Waals surface area contributed by atoms with E-state index in [2.05, 4.69) is 10.3 Å². The number of pyridine rings is 1. The van der Waals surface area contributed by atoms with Crippen molar-refractivity contribution in [1.29, 1.82) is 0 Å². The Morgan fingerprint density at radius 1 is 1.22 bits per heavy atom. The van der Waals surface area contributed by atoms with Crippen molar-refractivity contribution >= 4 is 22.3 Å². The Hall–Kier alpha value is -1.81. The van der Waals surface area contributed by atoms with Crippen LogP contribution in [0.5, 0.6) is 0 Å². The Labute approximate surface area is 106 Å². The average Bonchev–Trinajstić information content (AvgIpc) is 2.43. The molecule has 0 radical (unpaired) electrons. The minimum atomic E-state index is 0.454. The minimum Gasteiger partial charge on any atom is -0.397 e. The summed E-state index contributed by atoms with van der Waals surface area (Å²) in [7, 11) is 0. The van der Waals surface area contributed by atoms with Crippen molar-refractivity contribution < 1.29 is 4.74 Å². The van der Waals surface area contributed by atoms with Gasteiger partial charge in [0.2, 0.25) is 0 Å². The third-order valence-corrected chi connectivity index (χ3v) is 3.41. The monoisotopic (exact) mass is 243 g/mol. The molecular weight excluding hydrogens is 226 g/mol. The number of nitrogens with one attached hydrogen (secondary N) is 1. The number of benzene rings is 1. The van der Waals surface area contributed by atoms with Crippen LogP contribution >= 0.6 is 0 Å². The van der Waals surface area contributed by atoms with Crippen LogP contribution in [0.15, 0.2) is 30.5 Å². The van der Waals surface area contributed by atoms with Gasteiger partial charge in [-0.3, -0.25) is 4.98 Å². The van der Waals surface area contributed by atoms with Gasteiger partial charge in [-0.05, 0) is 37.1 Å². The van der Waals surface area contributed by atoms with Crippen LogP contribution in [-0.4, -0.2) is 24.2 Å². The van der Waals surface area contributed by atoms with Crippen molar-refractivity contribution in [2.24, 2.45) is 0 Å². The zero-order valence-electron chi connectivity index (χ0n) is 10.2. The third kappa shape index (κ3) is 2.11. The van der Waals surface area contributed by atoms with Crippen LogP contribution in [0.4, 0.5) is 11.4 Å². The van der Waals surface area contributed by atoms with E-state index in [1.807, 2.05) is 24.3 Å². The van der Waals surface area contributed by atoms with Gasteiger partial charge in [0.05, 0.1) is 16.9 Å². The number of nitrogens with zero attached hydrogens (tertiary/aromatic N) is 1. The predicted octanol–water partition coefficient (Wildman–Crippen LogP) is 2.41. The second-order valence-electron chi connectivity index (χ2n) is 4.63. The van der Waals surface area contributed by atoms with E-state index in [0.717, 1.165) is 48.3 Å². The maximum absolute atomic E-state index is 6.20. The molecular formula is C14H17N3O. The Morgan fingerprint density at radius 2 is 2.06 bits per heavy atom. The number of nitrogen functional groups attached to an aromatic ring is 1. The molecule has 0 unspecified atom stereocenters. The van der Waals surface area contributed by atoms with Gasteiger partial charge in [0.25, 0.3) is 0 Å². The Kier molecular flexibility index (Phi) is 3.02. The molecule has 1 aliphatic rings. The van der Waals surface area contributed by atoms with E-state index in [1.54, 1.807) is 6.20 Å². The molecule has 4 nitrogen and oxygen atoms in total. The third-order valence-electron chi connectivity index (χ3n) is 3.41. The molecule has 3 N–H and O–H groups in total. The lowest BCUT2D eigenvalue weighted by atomic mass is 10.1. The van der Waals surface area contributed by atoms with Gasteiger partial charge in [0, 0.05) is 30.8 Å². The molecule has 0 bridgehead atoms. The van der Waals surface area contributed by atoms with Crippen LogP contribution < -0.4 is 11.1 Å². The molecule has 2 heterocycles. The van der Waals surface area contributed by atoms with Gasteiger partial charge in [-0.25, -0.2) is 0 Å². The summed E-state index contributed by atoms with van der Waals surface area (Å²) in [6.07, 6.45) is 3.85. The van der Waals surface area contributed by atoms with Crippen molar-refractivity contribution in [1.82, 2.24) is 4.98 Å². The second-order valence-corrected chi connectivity index (χ2v) is 4.63. The number of aromatic nitrogens is 1. The van der Waals surface area contributed by atoms with Crippen molar-refractivity contribution in [2.45, 2.75) is 18.9 Å². The number of hydrogen-bond donors (Lipinski definition) is 2. The number of ether oxygens (including phenoxy) is 1. The van der Waals surface area contributed by atoms with E-state index in [9.17, 15) is 0 Å². The van der Waals surface area contributed by atoms with Gasteiger partial charge in [0.1, 0.15) is 0 Å². The number of rotatable bonds is 2. The highest BCUT2D eigenvalue weighted by Crippen LogP contribution is 2.28. The molecule has 18 heavy (non-hydrogen) atoms. The summed E-state index contributed by atoms with van der Waals surface area (Å²) >= 11 is 0. The van der Waals surface area contributed by atoms with E-state index >= 15 is 0 Å². The van der Waals surface area contributed by atoms with Crippen LogP contribution in [-0.2, 0) is 4.74 Å². The van der Waals surface area contributed by atoms with Crippen LogP contribution in [0.2, 0.25) is 0 Å². The SMILES string of the molecule is Nc1c(NC2CCOCC2)ccc2ncccc12. The highest BCUT2D eigenvalue weighted by atomic mass is 16.5. The molecule has 2 aromatic rings. The van der Waals surface area contributed by atoms with E-state index in [0.29, 0.717) is 6.04 Å². The predicted molar refractivity (Wildman–Crippen MR) is 73.6 cm³/mol. The fraction of sp³-hybridized carbons (Fsp3) is 0.357. The van der Waals surface area contributed by atoms with E-state index in [4.69, 9.17) is 10.5 Å². The number of nitrogens with two attached hydrogens (primary N) is 1. The fourth-order valence-electron chi connectivity index (χ4n) is 2.36. The summed E-state index contributed by atoms with van der Waals surface area (Å²) in [5, 5.41) is 4.52. The quantitative estimate of drug-likeness (QED) is 0.795. The molecule has 94 valence electrons. The summed E-state index contributed by atoms with van der Waals surface area (Å²) in [5.41, 5.74) is 8.93. The fourth-order valence-corrected chi connectivity index (χ4v) is 2.36. The lowest BCUT2D eigenvalue weighted by molar-refractivity contribution is 0.0904.